The van der Waals surface area contributed by atoms with Crippen molar-refractivity contribution >= 4 is 6.08 Å². The van der Waals surface area contributed by atoms with Gasteiger partial charge in [-0.3, -0.25) is 0 Å². The highest BCUT2D eigenvalue weighted by Crippen LogP contribution is 2.19. The standard InChI is InChI=1S/C13H18O/c1-9-5-6-10(2)13(12(9)4)8-7-11(3)14/h5-8,11,14H,1-4H3. The van der Waals surface area contributed by atoms with Crippen molar-refractivity contribution in [2.75, 3.05) is 0 Å². The fraction of sp³-hybridized carbons (Fsp3) is 0.385. The number of hydrogen-bond donors (Lipinski definition) is 1. The van der Waals surface area contributed by atoms with Gasteiger partial charge in [0.15, 0.2) is 0 Å². The molecule has 0 radical (unpaired) electrons. The Labute approximate surface area is 86.1 Å². The molecule has 0 heterocycles. The first kappa shape index (κ1) is 11.0. The number of aliphatic hydroxyl groups is 1. The van der Waals surface area contributed by atoms with Gasteiger partial charge in [0.2, 0.25) is 0 Å². The minimum Gasteiger partial charge on any atom is -0.389 e. The summed E-state index contributed by atoms with van der Waals surface area (Å²) in [7, 11) is 0. The minimum absolute atomic E-state index is 0.380. The molecule has 0 amide bonds. The van der Waals surface area contributed by atoms with Crippen LogP contribution in [0.15, 0.2) is 18.2 Å². The molecule has 0 aliphatic carbocycles. The van der Waals surface area contributed by atoms with Gasteiger partial charge in [-0.2, -0.15) is 0 Å². The van der Waals surface area contributed by atoms with Crippen molar-refractivity contribution in [2.45, 2.75) is 33.8 Å². The van der Waals surface area contributed by atoms with Gasteiger partial charge < -0.3 is 5.11 Å². The smallest absolute Gasteiger partial charge is 0.0696 e. The van der Waals surface area contributed by atoms with Crippen molar-refractivity contribution in [1.82, 2.24) is 0 Å². The molecule has 0 bridgehead atoms. The molecular weight excluding hydrogens is 172 g/mol. The van der Waals surface area contributed by atoms with Crippen LogP contribution in [0.25, 0.3) is 6.08 Å². The second-order valence-electron chi connectivity index (χ2n) is 3.84. The van der Waals surface area contributed by atoms with E-state index in [0.717, 1.165) is 0 Å². The Kier molecular flexibility index (Phi) is 3.48. The van der Waals surface area contributed by atoms with E-state index in [2.05, 4.69) is 32.9 Å². The molecule has 76 valence electrons. The van der Waals surface area contributed by atoms with Crippen LogP contribution in [0.3, 0.4) is 0 Å². The van der Waals surface area contributed by atoms with Crippen molar-refractivity contribution in [3.63, 3.8) is 0 Å². The average molecular weight is 190 g/mol. The Morgan fingerprint density at radius 2 is 1.71 bits per heavy atom. The number of aryl methyl sites for hydroxylation is 2. The SMILES string of the molecule is Cc1ccc(C)c(C=CC(C)O)c1C. The van der Waals surface area contributed by atoms with Crippen LogP contribution in [-0.4, -0.2) is 11.2 Å². The van der Waals surface area contributed by atoms with Crippen LogP contribution in [0.4, 0.5) is 0 Å². The van der Waals surface area contributed by atoms with Crippen LogP contribution in [0.5, 0.6) is 0 Å². The molecule has 1 unspecified atom stereocenters. The number of hydrogen-bond acceptors (Lipinski definition) is 1. The third-order valence-electron chi connectivity index (χ3n) is 2.55. The van der Waals surface area contributed by atoms with Crippen LogP contribution in [0.2, 0.25) is 0 Å². The highest BCUT2D eigenvalue weighted by atomic mass is 16.3. The first-order chi connectivity index (χ1) is 6.52. The number of benzene rings is 1. The number of rotatable bonds is 2. The summed E-state index contributed by atoms with van der Waals surface area (Å²) < 4.78 is 0. The molecule has 14 heavy (non-hydrogen) atoms. The zero-order valence-corrected chi connectivity index (χ0v) is 9.33. The second kappa shape index (κ2) is 4.43. The number of aliphatic hydroxyl groups excluding tert-OH is 1. The molecule has 0 fully saturated rings. The van der Waals surface area contributed by atoms with Gasteiger partial charge in [0.1, 0.15) is 0 Å². The lowest BCUT2D eigenvalue weighted by Crippen LogP contribution is -1.94. The molecule has 1 aromatic rings. The van der Waals surface area contributed by atoms with E-state index in [1.165, 1.54) is 22.3 Å². The largest absolute Gasteiger partial charge is 0.389 e. The van der Waals surface area contributed by atoms with E-state index < -0.39 is 0 Å². The summed E-state index contributed by atoms with van der Waals surface area (Å²) in [6.07, 6.45) is 3.44. The van der Waals surface area contributed by atoms with Crippen molar-refractivity contribution in [2.24, 2.45) is 0 Å². The molecule has 0 spiro atoms. The molecule has 0 aromatic heterocycles. The van der Waals surface area contributed by atoms with Crippen LogP contribution < -0.4 is 0 Å². The Hall–Kier alpha value is -1.08. The van der Waals surface area contributed by atoms with E-state index in [0.29, 0.717) is 0 Å². The summed E-state index contributed by atoms with van der Waals surface area (Å²) in [6, 6.07) is 4.24. The lowest BCUT2D eigenvalue weighted by Gasteiger charge is -2.08. The van der Waals surface area contributed by atoms with E-state index in [4.69, 9.17) is 0 Å². The molecule has 0 aliphatic rings. The Morgan fingerprint density at radius 1 is 1.14 bits per heavy atom. The summed E-state index contributed by atoms with van der Waals surface area (Å²) >= 11 is 0. The average Bonchev–Trinajstić information content (AvgIpc) is 2.11. The van der Waals surface area contributed by atoms with E-state index in [9.17, 15) is 5.11 Å². The highest BCUT2D eigenvalue weighted by Gasteiger charge is 2.01. The second-order valence-corrected chi connectivity index (χ2v) is 3.84. The molecule has 1 rings (SSSR count). The van der Waals surface area contributed by atoms with Gasteiger partial charge in [0.25, 0.3) is 0 Å². The first-order valence-corrected chi connectivity index (χ1v) is 4.95. The normalized spacial score (nSPS) is 13.5. The predicted molar refractivity (Wildman–Crippen MR) is 61.4 cm³/mol. The molecule has 0 aliphatic heterocycles. The van der Waals surface area contributed by atoms with Gasteiger partial charge in [-0.05, 0) is 49.9 Å². The molecule has 1 N–H and O–H groups in total. The summed E-state index contributed by atoms with van der Waals surface area (Å²) in [4.78, 5) is 0. The molecule has 1 nitrogen and oxygen atoms in total. The highest BCUT2D eigenvalue weighted by molar-refractivity contribution is 5.59. The van der Waals surface area contributed by atoms with Crippen LogP contribution in [0.1, 0.15) is 29.2 Å². The van der Waals surface area contributed by atoms with E-state index in [1.54, 1.807) is 6.92 Å². The summed E-state index contributed by atoms with van der Waals surface area (Å²) in [6.45, 7) is 8.07. The Morgan fingerprint density at radius 3 is 2.29 bits per heavy atom. The van der Waals surface area contributed by atoms with E-state index in [-0.39, 0.29) is 6.10 Å². The zero-order chi connectivity index (χ0) is 10.7. The van der Waals surface area contributed by atoms with Crippen LogP contribution >= 0.6 is 0 Å². The fourth-order valence-corrected chi connectivity index (χ4v) is 1.46. The van der Waals surface area contributed by atoms with Gasteiger partial charge in [0.05, 0.1) is 6.10 Å². The zero-order valence-electron chi connectivity index (χ0n) is 9.33. The predicted octanol–water partition coefficient (Wildman–Crippen LogP) is 3.01. The molecule has 0 saturated heterocycles. The molecular formula is C13H18O. The Balaban J connectivity index is 3.13. The maximum atomic E-state index is 9.18. The summed E-state index contributed by atoms with van der Waals surface area (Å²) in [5.74, 6) is 0. The first-order valence-electron chi connectivity index (χ1n) is 4.95. The Bertz CT molecular complexity index is 348. The van der Waals surface area contributed by atoms with Crippen LogP contribution in [0, 0.1) is 20.8 Å². The van der Waals surface area contributed by atoms with Crippen LogP contribution in [-0.2, 0) is 0 Å². The monoisotopic (exact) mass is 190 g/mol. The topological polar surface area (TPSA) is 20.2 Å². The van der Waals surface area contributed by atoms with E-state index in [1.807, 2.05) is 12.2 Å². The van der Waals surface area contributed by atoms with Crippen molar-refractivity contribution in [3.8, 4) is 0 Å². The quantitative estimate of drug-likeness (QED) is 0.760. The lowest BCUT2D eigenvalue weighted by molar-refractivity contribution is 0.245. The minimum atomic E-state index is -0.380. The van der Waals surface area contributed by atoms with Gasteiger partial charge in [0, 0.05) is 0 Å². The van der Waals surface area contributed by atoms with Crippen molar-refractivity contribution < 1.29 is 5.11 Å². The van der Waals surface area contributed by atoms with Crippen molar-refractivity contribution in [1.29, 1.82) is 0 Å². The third-order valence-corrected chi connectivity index (χ3v) is 2.55. The van der Waals surface area contributed by atoms with Gasteiger partial charge in [-0.15, -0.1) is 0 Å². The fourth-order valence-electron chi connectivity index (χ4n) is 1.46. The summed E-state index contributed by atoms with van der Waals surface area (Å²) in [5.41, 5.74) is 5.07. The van der Waals surface area contributed by atoms with Gasteiger partial charge >= 0.3 is 0 Å². The third kappa shape index (κ3) is 2.46. The molecule has 1 atom stereocenters. The maximum absolute atomic E-state index is 9.18. The maximum Gasteiger partial charge on any atom is 0.0696 e. The molecule has 0 saturated carbocycles. The molecule has 1 heteroatoms. The summed E-state index contributed by atoms with van der Waals surface area (Å²) in [5, 5.41) is 9.18. The lowest BCUT2D eigenvalue weighted by atomic mass is 9.98. The van der Waals surface area contributed by atoms with Gasteiger partial charge in [-0.25, -0.2) is 0 Å². The van der Waals surface area contributed by atoms with E-state index >= 15 is 0 Å². The molecule has 1 aromatic carbocycles. The van der Waals surface area contributed by atoms with Gasteiger partial charge in [-0.1, -0.05) is 24.3 Å². The van der Waals surface area contributed by atoms with Crippen molar-refractivity contribution in [3.05, 3.63) is 40.5 Å².